The maximum atomic E-state index is 7.53. The van der Waals surface area contributed by atoms with Crippen LogP contribution in [0.25, 0.3) is 0 Å². The quantitative estimate of drug-likeness (QED) is 0.589. The van der Waals surface area contributed by atoms with Crippen molar-refractivity contribution >= 4 is 5.84 Å². The van der Waals surface area contributed by atoms with Crippen molar-refractivity contribution in [3.63, 3.8) is 0 Å². The molecule has 0 spiro atoms. The molecule has 0 aliphatic rings. The molecule has 0 saturated carbocycles. The number of amidine groups is 1. The number of nitrogens with two attached hydrogens (primary N) is 1. The Labute approximate surface area is 97.8 Å². The molecule has 0 aromatic heterocycles. The van der Waals surface area contributed by atoms with Crippen molar-refractivity contribution in [3.05, 3.63) is 35.4 Å². The van der Waals surface area contributed by atoms with E-state index in [1.807, 2.05) is 24.3 Å². The molecule has 0 heterocycles. The second-order valence-electron chi connectivity index (χ2n) is 4.24. The molecule has 0 radical (unpaired) electrons. The summed E-state index contributed by atoms with van der Waals surface area (Å²) >= 11 is 0. The van der Waals surface area contributed by atoms with Crippen LogP contribution in [0, 0.1) is 5.41 Å². The smallest absolute Gasteiger partial charge is 0.123 e. The predicted molar refractivity (Wildman–Crippen MR) is 68.7 cm³/mol. The van der Waals surface area contributed by atoms with Crippen LogP contribution in [0.2, 0.25) is 0 Å². The lowest BCUT2D eigenvalue weighted by atomic mass is 10.1. The molecule has 0 aliphatic heterocycles. The van der Waals surface area contributed by atoms with Gasteiger partial charge in [0, 0.05) is 18.2 Å². The average Bonchev–Trinajstić information content (AvgIpc) is 2.28. The second kappa shape index (κ2) is 5.66. The Balaban J connectivity index is 2.84. The first-order valence-corrected chi connectivity index (χ1v) is 5.68. The van der Waals surface area contributed by atoms with E-state index in [1.54, 1.807) is 0 Å². The van der Waals surface area contributed by atoms with Gasteiger partial charge in [0.25, 0.3) is 0 Å². The van der Waals surface area contributed by atoms with Crippen LogP contribution in [0.4, 0.5) is 0 Å². The van der Waals surface area contributed by atoms with Crippen molar-refractivity contribution in [1.29, 1.82) is 5.41 Å². The average molecular weight is 219 g/mol. The Morgan fingerprint density at radius 2 is 2.06 bits per heavy atom. The van der Waals surface area contributed by atoms with E-state index in [1.165, 1.54) is 0 Å². The Morgan fingerprint density at radius 3 is 2.62 bits per heavy atom. The third-order valence-electron chi connectivity index (χ3n) is 3.07. The first-order valence-electron chi connectivity index (χ1n) is 5.68. The van der Waals surface area contributed by atoms with E-state index in [9.17, 15) is 0 Å². The van der Waals surface area contributed by atoms with Crippen LogP contribution in [0.1, 0.15) is 31.4 Å². The molecule has 3 heteroatoms. The van der Waals surface area contributed by atoms with Gasteiger partial charge in [-0.05, 0) is 26.0 Å². The van der Waals surface area contributed by atoms with Gasteiger partial charge in [-0.3, -0.25) is 10.3 Å². The van der Waals surface area contributed by atoms with Gasteiger partial charge in [0.2, 0.25) is 0 Å². The van der Waals surface area contributed by atoms with Gasteiger partial charge in [0.15, 0.2) is 0 Å². The number of benzene rings is 1. The van der Waals surface area contributed by atoms with Gasteiger partial charge >= 0.3 is 0 Å². The summed E-state index contributed by atoms with van der Waals surface area (Å²) in [6, 6.07) is 8.40. The summed E-state index contributed by atoms with van der Waals surface area (Å²) in [7, 11) is 2.10. The number of nitrogen functional groups attached to an aromatic ring is 1. The molecule has 1 aromatic carbocycles. The maximum absolute atomic E-state index is 7.53. The molecule has 1 rings (SSSR count). The molecule has 1 aromatic rings. The van der Waals surface area contributed by atoms with Crippen LogP contribution in [0.3, 0.4) is 0 Å². The Kier molecular flexibility index (Phi) is 4.50. The summed E-state index contributed by atoms with van der Waals surface area (Å²) in [5.41, 5.74) is 7.53. The van der Waals surface area contributed by atoms with E-state index < -0.39 is 0 Å². The van der Waals surface area contributed by atoms with E-state index in [-0.39, 0.29) is 5.84 Å². The molecule has 3 N–H and O–H groups in total. The zero-order valence-corrected chi connectivity index (χ0v) is 10.3. The minimum absolute atomic E-state index is 0.146. The van der Waals surface area contributed by atoms with Crippen LogP contribution in [0.15, 0.2) is 24.3 Å². The van der Waals surface area contributed by atoms with Crippen LogP contribution < -0.4 is 5.73 Å². The Hall–Kier alpha value is -1.35. The van der Waals surface area contributed by atoms with Gasteiger partial charge in [-0.2, -0.15) is 0 Å². The highest BCUT2D eigenvalue weighted by atomic mass is 15.1. The summed E-state index contributed by atoms with van der Waals surface area (Å²) in [5.74, 6) is 0.146. The molecule has 0 aliphatic carbocycles. The molecule has 0 saturated heterocycles. The van der Waals surface area contributed by atoms with Crippen LogP contribution in [0.5, 0.6) is 0 Å². The van der Waals surface area contributed by atoms with Crippen LogP contribution in [-0.4, -0.2) is 23.8 Å². The number of hydrogen-bond donors (Lipinski definition) is 2. The zero-order chi connectivity index (χ0) is 12.1. The molecule has 3 nitrogen and oxygen atoms in total. The van der Waals surface area contributed by atoms with Crippen molar-refractivity contribution in [2.45, 2.75) is 32.9 Å². The van der Waals surface area contributed by atoms with Gasteiger partial charge in [-0.1, -0.05) is 31.2 Å². The van der Waals surface area contributed by atoms with Gasteiger partial charge in [0.1, 0.15) is 5.84 Å². The monoisotopic (exact) mass is 219 g/mol. The van der Waals surface area contributed by atoms with Crippen molar-refractivity contribution < 1.29 is 0 Å². The van der Waals surface area contributed by atoms with E-state index in [0.717, 1.165) is 24.1 Å². The maximum Gasteiger partial charge on any atom is 0.123 e. The fourth-order valence-electron chi connectivity index (χ4n) is 1.66. The molecule has 1 atom stereocenters. The van der Waals surface area contributed by atoms with Crippen molar-refractivity contribution in [2.24, 2.45) is 5.73 Å². The standard InChI is InChI=1S/C13H21N3/c1-4-10(2)16(3)9-11-7-5-6-8-12(11)13(14)15/h5-8,10H,4,9H2,1-3H3,(H3,14,15). The van der Waals surface area contributed by atoms with E-state index >= 15 is 0 Å². The Bertz CT molecular complexity index is 360. The zero-order valence-electron chi connectivity index (χ0n) is 10.3. The first-order chi connectivity index (χ1) is 7.56. The molecule has 0 amide bonds. The van der Waals surface area contributed by atoms with Crippen molar-refractivity contribution in [1.82, 2.24) is 4.90 Å². The SMILES string of the molecule is CCC(C)N(C)Cc1ccccc1C(=N)N. The molecule has 1 unspecified atom stereocenters. The highest BCUT2D eigenvalue weighted by Gasteiger charge is 2.10. The molecule has 0 fully saturated rings. The van der Waals surface area contributed by atoms with Crippen molar-refractivity contribution in [2.75, 3.05) is 7.05 Å². The number of rotatable bonds is 5. The highest BCUT2D eigenvalue weighted by Crippen LogP contribution is 2.12. The van der Waals surface area contributed by atoms with E-state index in [2.05, 4.69) is 25.8 Å². The molecule has 88 valence electrons. The first kappa shape index (κ1) is 12.7. The van der Waals surface area contributed by atoms with Gasteiger partial charge < -0.3 is 5.73 Å². The minimum atomic E-state index is 0.146. The lowest BCUT2D eigenvalue weighted by molar-refractivity contribution is 0.244. The van der Waals surface area contributed by atoms with Gasteiger partial charge in [-0.25, -0.2) is 0 Å². The largest absolute Gasteiger partial charge is 0.384 e. The van der Waals surface area contributed by atoms with Gasteiger partial charge in [-0.15, -0.1) is 0 Å². The highest BCUT2D eigenvalue weighted by molar-refractivity contribution is 5.96. The molecule has 16 heavy (non-hydrogen) atoms. The van der Waals surface area contributed by atoms with E-state index in [0.29, 0.717) is 6.04 Å². The second-order valence-corrected chi connectivity index (χ2v) is 4.24. The molecular formula is C13H21N3. The Morgan fingerprint density at radius 1 is 1.44 bits per heavy atom. The molecular weight excluding hydrogens is 198 g/mol. The summed E-state index contributed by atoms with van der Waals surface area (Å²) in [5, 5.41) is 7.53. The molecule has 0 bridgehead atoms. The summed E-state index contributed by atoms with van der Waals surface area (Å²) < 4.78 is 0. The lowest BCUT2D eigenvalue weighted by Gasteiger charge is -2.24. The van der Waals surface area contributed by atoms with Gasteiger partial charge in [0.05, 0.1) is 0 Å². The minimum Gasteiger partial charge on any atom is -0.384 e. The topological polar surface area (TPSA) is 53.1 Å². The van der Waals surface area contributed by atoms with Crippen LogP contribution in [-0.2, 0) is 6.54 Å². The summed E-state index contributed by atoms with van der Waals surface area (Å²) in [6.07, 6.45) is 1.12. The fourth-order valence-corrected chi connectivity index (χ4v) is 1.66. The number of nitrogens with one attached hydrogen (secondary N) is 1. The number of hydrogen-bond acceptors (Lipinski definition) is 2. The third-order valence-corrected chi connectivity index (χ3v) is 3.07. The number of nitrogens with zero attached hydrogens (tertiary/aromatic N) is 1. The normalized spacial score (nSPS) is 12.8. The third kappa shape index (κ3) is 3.07. The lowest BCUT2D eigenvalue weighted by Crippen LogP contribution is -2.29. The van der Waals surface area contributed by atoms with Crippen molar-refractivity contribution in [3.8, 4) is 0 Å². The van der Waals surface area contributed by atoms with E-state index in [4.69, 9.17) is 11.1 Å². The summed E-state index contributed by atoms with van der Waals surface area (Å²) in [4.78, 5) is 2.28. The van der Waals surface area contributed by atoms with Crippen LogP contribution >= 0.6 is 0 Å². The predicted octanol–water partition coefficient (Wildman–Crippen LogP) is 2.20. The fraction of sp³-hybridized carbons (Fsp3) is 0.462. The summed E-state index contributed by atoms with van der Waals surface area (Å²) in [6.45, 7) is 5.22.